The van der Waals surface area contributed by atoms with Gasteiger partial charge in [0.1, 0.15) is 78.5 Å². The molecule has 2 amide bonds. The molecule has 15 atom stereocenters. The van der Waals surface area contributed by atoms with E-state index in [1.54, 1.807) is 12.1 Å². The minimum atomic E-state index is -1.83. The van der Waals surface area contributed by atoms with E-state index in [2.05, 4.69) is 10.6 Å². The number of nitrogens with one attached hydrogen (secondary N) is 2. The highest BCUT2D eigenvalue weighted by Gasteiger charge is 2.53. The Morgan fingerprint density at radius 1 is 0.667 bits per heavy atom. The molecule has 3 heterocycles. The Labute approximate surface area is 274 Å². The summed E-state index contributed by atoms with van der Waals surface area (Å²) in [6, 6.07) is 3.46. The Balaban J connectivity index is 1.58. The summed E-state index contributed by atoms with van der Waals surface area (Å²) in [5.41, 5.74) is 0. The van der Waals surface area contributed by atoms with Crippen molar-refractivity contribution in [2.45, 2.75) is 106 Å². The molecule has 3 aliphatic heterocycles. The van der Waals surface area contributed by atoms with E-state index >= 15 is 0 Å². The van der Waals surface area contributed by atoms with Crippen LogP contribution in [-0.2, 0) is 33.3 Å². The van der Waals surface area contributed by atoms with Crippen molar-refractivity contribution in [1.82, 2.24) is 10.6 Å². The van der Waals surface area contributed by atoms with Crippen molar-refractivity contribution >= 4 is 11.8 Å². The Kier molecular flexibility index (Phi) is 13.3. The summed E-state index contributed by atoms with van der Waals surface area (Å²) < 4.78 is 40.0. The molecule has 3 saturated heterocycles. The quantitative estimate of drug-likeness (QED) is 0.0980. The largest absolute Gasteiger partial charge is 0.497 e. The molecule has 19 heteroatoms. The van der Waals surface area contributed by atoms with E-state index in [0.29, 0.717) is 5.75 Å². The molecule has 4 rings (SSSR count). The Morgan fingerprint density at radius 2 is 1.12 bits per heavy atom. The minimum Gasteiger partial charge on any atom is -0.497 e. The SMILES string of the molecule is COc1ccc(O[C@H]2OC(CO[C@@H]3OC(CO)[C@@H](O)C(O)C3NC(C)=O)[C@@H](O)C(O)[C@H]2O[C@@H]2OC(CO)[C@@H](O)C(O)C2NC(C)=O)cc1. The normalized spacial score (nSPS) is 40.1. The zero-order valence-corrected chi connectivity index (χ0v) is 26.3. The van der Waals surface area contributed by atoms with Crippen molar-refractivity contribution in [1.29, 1.82) is 0 Å². The summed E-state index contributed by atoms with van der Waals surface area (Å²) in [7, 11) is 1.46. The lowest BCUT2D eigenvalue weighted by atomic mass is 9.95. The van der Waals surface area contributed by atoms with Crippen LogP contribution in [0.5, 0.6) is 11.5 Å². The molecule has 48 heavy (non-hydrogen) atoms. The molecule has 19 nitrogen and oxygen atoms in total. The van der Waals surface area contributed by atoms with Crippen LogP contribution in [0.1, 0.15) is 13.8 Å². The van der Waals surface area contributed by atoms with E-state index in [1.165, 1.54) is 19.2 Å². The van der Waals surface area contributed by atoms with Gasteiger partial charge in [-0.3, -0.25) is 9.59 Å². The molecule has 0 saturated carbocycles. The first-order valence-electron chi connectivity index (χ1n) is 15.2. The van der Waals surface area contributed by atoms with Gasteiger partial charge in [0.05, 0.1) is 26.9 Å². The predicted molar refractivity (Wildman–Crippen MR) is 156 cm³/mol. The molecule has 1 aromatic rings. The van der Waals surface area contributed by atoms with Gasteiger partial charge in [0, 0.05) is 13.8 Å². The average molecular weight is 693 g/mol. The average Bonchev–Trinajstić information content (AvgIpc) is 3.06. The van der Waals surface area contributed by atoms with Gasteiger partial charge in [-0.15, -0.1) is 0 Å². The zero-order valence-electron chi connectivity index (χ0n) is 26.3. The Bertz CT molecular complexity index is 1190. The fraction of sp³-hybridized carbons (Fsp3) is 0.724. The van der Waals surface area contributed by atoms with E-state index in [-0.39, 0.29) is 5.75 Å². The summed E-state index contributed by atoms with van der Waals surface area (Å²) in [6.45, 7) is 0.310. The van der Waals surface area contributed by atoms with Gasteiger partial charge >= 0.3 is 0 Å². The van der Waals surface area contributed by atoms with Gasteiger partial charge in [-0.05, 0) is 24.3 Å². The number of hydrogen-bond acceptors (Lipinski definition) is 17. The highest BCUT2D eigenvalue weighted by Crippen LogP contribution is 2.32. The lowest BCUT2D eigenvalue weighted by Crippen LogP contribution is -2.68. The van der Waals surface area contributed by atoms with Crippen LogP contribution >= 0.6 is 0 Å². The number of amides is 2. The van der Waals surface area contributed by atoms with Crippen LogP contribution < -0.4 is 20.1 Å². The molecule has 1 aromatic carbocycles. The van der Waals surface area contributed by atoms with Gasteiger partial charge in [0.2, 0.25) is 18.1 Å². The zero-order chi connectivity index (χ0) is 35.3. The lowest BCUT2D eigenvalue weighted by Gasteiger charge is -2.47. The number of aliphatic hydroxyl groups excluding tert-OH is 8. The topological polar surface area (TPSA) is 285 Å². The van der Waals surface area contributed by atoms with Gasteiger partial charge < -0.3 is 84.6 Å². The van der Waals surface area contributed by atoms with E-state index in [9.17, 15) is 50.4 Å². The van der Waals surface area contributed by atoms with E-state index in [1.807, 2.05) is 0 Å². The van der Waals surface area contributed by atoms with Crippen LogP contribution in [0.25, 0.3) is 0 Å². The smallest absolute Gasteiger partial charge is 0.229 e. The fourth-order valence-electron chi connectivity index (χ4n) is 5.62. The first kappa shape index (κ1) is 38.0. The molecule has 3 aliphatic rings. The van der Waals surface area contributed by atoms with Crippen LogP contribution in [-0.4, -0.2) is 172 Å². The second-order valence-corrected chi connectivity index (χ2v) is 11.6. The van der Waals surface area contributed by atoms with E-state index in [0.717, 1.165) is 13.8 Å². The van der Waals surface area contributed by atoms with Gasteiger partial charge in [-0.2, -0.15) is 0 Å². The fourth-order valence-corrected chi connectivity index (χ4v) is 5.62. The van der Waals surface area contributed by atoms with Crippen LogP contribution in [0.2, 0.25) is 0 Å². The maximum atomic E-state index is 11.9. The number of methoxy groups -OCH3 is 1. The first-order chi connectivity index (χ1) is 22.8. The second kappa shape index (κ2) is 16.8. The van der Waals surface area contributed by atoms with Gasteiger partial charge in [0.15, 0.2) is 18.7 Å². The number of carbonyl (C=O) groups is 2. The van der Waals surface area contributed by atoms with Crippen molar-refractivity contribution in [3.05, 3.63) is 24.3 Å². The van der Waals surface area contributed by atoms with Crippen LogP contribution in [0.15, 0.2) is 24.3 Å². The van der Waals surface area contributed by atoms with Gasteiger partial charge in [-0.25, -0.2) is 0 Å². The van der Waals surface area contributed by atoms with Gasteiger partial charge in [0.25, 0.3) is 0 Å². The van der Waals surface area contributed by atoms with E-state index < -0.39 is 124 Å². The molecular weight excluding hydrogens is 648 g/mol. The van der Waals surface area contributed by atoms with Crippen molar-refractivity contribution < 1.29 is 83.6 Å². The summed E-state index contributed by atoms with van der Waals surface area (Å²) in [4.78, 5) is 23.7. The first-order valence-corrected chi connectivity index (χ1v) is 15.2. The second-order valence-electron chi connectivity index (χ2n) is 11.6. The molecule has 0 radical (unpaired) electrons. The number of rotatable bonds is 12. The third kappa shape index (κ3) is 8.69. The van der Waals surface area contributed by atoms with Crippen LogP contribution in [0, 0.1) is 0 Å². The molecule has 3 fully saturated rings. The molecule has 0 aliphatic carbocycles. The van der Waals surface area contributed by atoms with Crippen LogP contribution in [0.4, 0.5) is 0 Å². The van der Waals surface area contributed by atoms with Crippen LogP contribution in [0.3, 0.4) is 0 Å². The van der Waals surface area contributed by atoms with Crippen molar-refractivity contribution in [2.24, 2.45) is 0 Å². The third-order valence-electron chi connectivity index (χ3n) is 8.17. The number of hydrogen-bond donors (Lipinski definition) is 10. The number of benzene rings is 1. The third-order valence-corrected chi connectivity index (χ3v) is 8.17. The number of carbonyl (C=O) groups excluding carboxylic acids is 2. The number of ether oxygens (including phenoxy) is 7. The summed E-state index contributed by atoms with van der Waals surface area (Å²) in [6.07, 6.45) is -20.3. The highest BCUT2D eigenvalue weighted by atomic mass is 16.8. The molecular formula is C29H44N2O17. The van der Waals surface area contributed by atoms with Gasteiger partial charge in [-0.1, -0.05) is 0 Å². The Hall–Kier alpha value is -2.76. The lowest BCUT2D eigenvalue weighted by molar-refractivity contribution is -0.348. The summed E-state index contributed by atoms with van der Waals surface area (Å²) in [5.74, 6) is -0.536. The maximum absolute atomic E-state index is 11.9. The van der Waals surface area contributed by atoms with Crippen molar-refractivity contribution in [3.8, 4) is 11.5 Å². The standard InChI is InChI=1S/C29H44N2O17/c1-11(34)30-18-23(39)20(36)15(8-32)45-27(18)43-10-17-22(38)25(41)26(29(47-17)44-14-6-4-13(42-3)5-7-14)48-28-19(31-12(2)35)24(40)21(37)16(9-33)46-28/h4-7,15-29,32-33,36-41H,8-10H2,1-3H3,(H,30,34)(H,31,35)/t15?,16?,17?,18?,19?,20-,21-,22-,23?,24?,25?,26-,27-,28+,29+/m1/s1. The van der Waals surface area contributed by atoms with E-state index in [4.69, 9.17) is 33.2 Å². The maximum Gasteiger partial charge on any atom is 0.229 e. The highest BCUT2D eigenvalue weighted by molar-refractivity contribution is 5.73. The predicted octanol–water partition coefficient (Wildman–Crippen LogP) is -5.19. The molecule has 8 unspecified atom stereocenters. The number of aliphatic hydroxyl groups is 8. The Morgan fingerprint density at radius 3 is 1.62 bits per heavy atom. The molecule has 0 spiro atoms. The van der Waals surface area contributed by atoms with Crippen molar-refractivity contribution in [2.75, 3.05) is 26.9 Å². The molecule has 10 N–H and O–H groups in total. The molecule has 0 aromatic heterocycles. The molecule has 0 bridgehead atoms. The summed E-state index contributed by atoms with van der Waals surface area (Å²) >= 11 is 0. The van der Waals surface area contributed by atoms with Crippen molar-refractivity contribution in [3.63, 3.8) is 0 Å². The summed E-state index contributed by atoms with van der Waals surface area (Å²) in [5, 5.41) is 88.6. The molecule has 272 valence electrons. The monoisotopic (exact) mass is 692 g/mol. The minimum absolute atomic E-state index is 0.188.